The highest BCUT2D eigenvalue weighted by Crippen LogP contribution is 2.26. The van der Waals surface area contributed by atoms with Crippen LogP contribution in [0.3, 0.4) is 0 Å². The number of hydrogen-bond donors (Lipinski definition) is 1. The van der Waals surface area contributed by atoms with E-state index in [0.717, 1.165) is 22.9 Å². The van der Waals surface area contributed by atoms with Gasteiger partial charge in [0.2, 0.25) is 5.91 Å². The topological polar surface area (TPSA) is 65.8 Å². The molecule has 5 heteroatoms. The lowest BCUT2D eigenvalue weighted by molar-refractivity contribution is -0.119. The van der Waals surface area contributed by atoms with Gasteiger partial charge in [0.25, 0.3) is 0 Å². The number of nitriles is 1. The number of fused-ring (bicyclic) bond motifs is 1. The first-order valence-corrected chi connectivity index (χ1v) is 9.79. The number of carbonyl (C=O) groups is 1. The molecule has 25 heavy (non-hydrogen) atoms. The van der Waals surface area contributed by atoms with Crippen molar-refractivity contribution < 1.29 is 4.79 Å². The van der Waals surface area contributed by atoms with Crippen LogP contribution in [0.1, 0.15) is 43.7 Å². The van der Waals surface area contributed by atoms with Gasteiger partial charge >= 0.3 is 0 Å². The molecule has 0 bridgehead atoms. The quantitative estimate of drug-likeness (QED) is 0.837. The number of aromatic nitrogens is 1. The molecule has 1 heterocycles. The zero-order chi connectivity index (χ0) is 17.8. The maximum absolute atomic E-state index is 12.3. The van der Waals surface area contributed by atoms with Crippen LogP contribution in [-0.2, 0) is 4.79 Å². The minimum atomic E-state index is 0.0263. The Bertz CT molecular complexity index is 828. The maximum atomic E-state index is 12.3. The molecule has 3 rings (SSSR count). The molecule has 1 saturated carbocycles. The number of pyridine rings is 1. The number of aryl methyl sites for hydroxylation is 1. The number of thioether (sulfide) groups is 1. The van der Waals surface area contributed by atoms with Crippen molar-refractivity contribution in [1.82, 2.24) is 10.3 Å². The number of amides is 1. The van der Waals surface area contributed by atoms with Gasteiger partial charge in [-0.15, -0.1) is 0 Å². The zero-order valence-electron chi connectivity index (χ0n) is 14.7. The first-order chi connectivity index (χ1) is 12.1. The van der Waals surface area contributed by atoms with Crippen molar-refractivity contribution in [3.05, 3.63) is 35.4 Å². The summed E-state index contributed by atoms with van der Waals surface area (Å²) in [6.45, 7) is 4.22. The fraction of sp³-hybridized carbons (Fsp3) is 0.450. The van der Waals surface area contributed by atoms with Crippen molar-refractivity contribution in [3.63, 3.8) is 0 Å². The highest BCUT2D eigenvalue weighted by atomic mass is 32.2. The van der Waals surface area contributed by atoms with E-state index in [1.807, 2.05) is 31.2 Å². The Morgan fingerprint density at radius 1 is 1.36 bits per heavy atom. The summed E-state index contributed by atoms with van der Waals surface area (Å²) in [6.07, 6.45) is 4.69. The number of hydrogen-bond acceptors (Lipinski definition) is 4. The third-order valence-electron chi connectivity index (χ3n) is 4.85. The molecule has 4 nitrogen and oxygen atoms in total. The third-order valence-corrected chi connectivity index (χ3v) is 5.84. The standard InChI is InChI=1S/C20H23N3OS/c1-13-7-8-18-15(9-13)10-16(11-21)20(23-18)25-12-19(24)22-17-6-4-3-5-14(17)2/h7-10,14,17H,3-6,12H2,1-2H3,(H,22,24)/t14-,17+/m1/s1. The van der Waals surface area contributed by atoms with Crippen molar-refractivity contribution in [2.24, 2.45) is 5.92 Å². The van der Waals surface area contributed by atoms with Gasteiger partial charge in [-0.1, -0.05) is 43.2 Å². The maximum Gasteiger partial charge on any atom is 0.230 e. The predicted octanol–water partition coefficient (Wildman–Crippen LogP) is 4.20. The summed E-state index contributed by atoms with van der Waals surface area (Å²) in [5.41, 5.74) is 2.52. The predicted molar refractivity (Wildman–Crippen MR) is 101 cm³/mol. The van der Waals surface area contributed by atoms with Crippen LogP contribution in [0.5, 0.6) is 0 Å². The van der Waals surface area contributed by atoms with Gasteiger partial charge in [0, 0.05) is 11.4 Å². The van der Waals surface area contributed by atoms with Crippen molar-refractivity contribution >= 4 is 28.6 Å². The van der Waals surface area contributed by atoms with Gasteiger partial charge in [0.1, 0.15) is 11.1 Å². The van der Waals surface area contributed by atoms with Crippen molar-refractivity contribution in [3.8, 4) is 6.07 Å². The molecule has 1 aromatic heterocycles. The van der Waals surface area contributed by atoms with E-state index >= 15 is 0 Å². The molecule has 1 N–H and O–H groups in total. The first-order valence-electron chi connectivity index (χ1n) is 8.80. The van der Waals surface area contributed by atoms with E-state index in [1.165, 1.54) is 31.0 Å². The molecule has 130 valence electrons. The molecule has 1 aliphatic rings. The molecule has 0 unspecified atom stereocenters. The molecule has 0 radical (unpaired) electrons. The van der Waals surface area contributed by atoms with Crippen molar-refractivity contribution in [1.29, 1.82) is 5.26 Å². The first kappa shape index (κ1) is 17.8. The van der Waals surface area contributed by atoms with Crippen molar-refractivity contribution in [2.75, 3.05) is 5.75 Å². The van der Waals surface area contributed by atoms with Crippen LogP contribution in [0.25, 0.3) is 10.9 Å². The van der Waals surface area contributed by atoms with Gasteiger partial charge in [0.15, 0.2) is 0 Å². The van der Waals surface area contributed by atoms with E-state index in [-0.39, 0.29) is 11.9 Å². The van der Waals surface area contributed by atoms with Crippen LogP contribution < -0.4 is 5.32 Å². The Kier molecular flexibility index (Phi) is 5.60. The Morgan fingerprint density at radius 2 is 2.16 bits per heavy atom. The summed E-state index contributed by atoms with van der Waals surface area (Å²) >= 11 is 1.34. The smallest absolute Gasteiger partial charge is 0.230 e. The molecular weight excluding hydrogens is 330 g/mol. The average Bonchev–Trinajstić information content (AvgIpc) is 2.61. The van der Waals surface area contributed by atoms with Crippen molar-refractivity contribution in [2.45, 2.75) is 50.6 Å². The third kappa shape index (κ3) is 4.32. The molecule has 1 aromatic carbocycles. The lowest BCUT2D eigenvalue weighted by Crippen LogP contribution is -2.41. The van der Waals surface area contributed by atoms with Gasteiger partial charge in [-0.05, 0) is 43.9 Å². The summed E-state index contributed by atoms with van der Waals surface area (Å²) in [7, 11) is 0. The summed E-state index contributed by atoms with van der Waals surface area (Å²) in [5, 5.41) is 14.1. The second-order valence-corrected chi connectivity index (χ2v) is 7.84. The minimum absolute atomic E-state index is 0.0263. The van der Waals surface area contributed by atoms with E-state index in [0.29, 0.717) is 22.3 Å². The monoisotopic (exact) mass is 353 g/mol. The summed E-state index contributed by atoms with van der Waals surface area (Å²) in [4.78, 5) is 16.9. The SMILES string of the molecule is Cc1ccc2nc(SCC(=O)N[C@H]3CCCC[C@H]3C)c(C#N)cc2c1. The van der Waals surface area contributed by atoms with Crippen LogP contribution in [0.4, 0.5) is 0 Å². The Morgan fingerprint density at radius 3 is 2.92 bits per heavy atom. The zero-order valence-corrected chi connectivity index (χ0v) is 15.5. The van der Waals surface area contributed by atoms with Gasteiger partial charge < -0.3 is 5.32 Å². The number of rotatable bonds is 4. The fourth-order valence-corrected chi connectivity index (χ4v) is 4.16. The van der Waals surface area contributed by atoms with E-state index in [2.05, 4.69) is 23.3 Å². The molecule has 1 amide bonds. The van der Waals surface area contributed by atoms with Crippen LogP contribution >= 0.6 is 11.8 Å². The highest BCUT2D eigenvalue weighted by molar-refractivity contribution is 8.00. The Balaban J connectivity index is 1.69. The molecule has 0 aliphatic heterocycles. The Hall–Kier alpha value is -2.06. The largest absolute Gasteiger partial charge is 0.352 e. The lowest BCUT2D eigenvalue weighted by Gasteiger charge is -2.29. The van der Waals surface area contributed by atoms with Crippen LogP contribution in [-0.4, -0.2) is 22.7 Å². The minimum Gasteiger partial charge on any atom is -0.352 e. The number of nitrogens with one attached hydrogen (secondary N) is 1. The van der Waals surface area contributed by atoms with Crippen LogP contribution in [0.2, 0.25) is 0 Å². The molecule has 0 spiro atoms. The lowest BCUT2D eigenvalue weighted by atomic mass is 9.86. The molecule has 1 aliphatic carbocycles. The summed E-state index contributed by atoms with van der Waals surface area (Å²) < 4.78 is 0. The molecular formula is C20H23N3OS. The number of nitrogens with zero attached hydrogens (tertiary/aromatic N) is 2. The van der Waals surface area contributed by atoms with Gasteiger partial charge in [-0.3, -0.25) is 4.79 Å². The summed E-state index contributed by atoms with van der Waals surface area (Å²) in [6, 6.07) is 10.3. The second kappa shape index (κ2) is 7.88. The molecule has 0 saturated heterocycles. The second-order valence-electron chi connectivity index (χ2n) is 6.87. The highest BCUT2D eigenvalue weighted by Gasteiger charge is 2.22. The number of benzene rings is 1. The summed E-state index contributed by atoms with van der Waals surface area (Å²) in [5.74, 6) is 0.861. The Labute approximate surface area is 153 Å². The molecule has 2 atom stereocenters. The number of carbonyl (C=O) groups excluding carboxylic acids is 1. The van der Waals surface area contributed by atoms with E-state index < -0.39 is 0 Å². The van der Waals surface area contributed by atoms with Gasteiger partial charge in [0.05, 0.1) is 16.8 Å². The van der Waals surface area contributed by atoms with Gasteiger partial charge in [-0.2, -0.15) is 5.26 Å². The molecule has 1 fully saturated rings. The van der Waals surface area contributed by atoms with Crippen LogP contribution in [0, 0.1) is 24.2 Å². The fourth-order valence-electron chi connectivity index (χ4n) is 3.38. The van der Waals surface area contributed by atoms with E-state index in [1.54, 1.807) is 0 Å². The van der Waals surface area contributed by atoms with E-state index in [4.69, 9.17) is 0 Å². The van der Waals surface area contributed by atoms with Gasteiger partial charge in [-0.25, -0.2) is 4.98 Å². The van der Waals surface area contributed by atoms with Crippen LogP contribution in [0.15, 0.2) is 29.3 Å². The van der Waals surface area contributed by atoms with E-state index in [9.17, 15) is 10.1 Å². The molecule has 2 aromatic rings. The normalized spacial score (nSPS) is 20.2. The average molecular weight is 353 g/mol.